The molecule has 0 atom stereocenters. The molecule has 0 saturated carbocycles. The minimum absolute atomic E-state index is 0.0618. The van der Waals surface area contributed by atoms with Crippen molar-refractivity contribution in [2.75, 3.05) is 19.0 Å². The Balaban J connectivity index is 2.00. The lowest BCUT2D eigenvalue weighted by Gasteiger charge is -2.20. The monoisotopic (exact) mass is 479 g/mol. The number of halogens is 8. The number of anilines is 1. The number of nitrogens with zero attached hydrogens (tertiary/aromatic N) is 3. The van der Waals surface area contributed by atoms with Gasteiger partial charge in [-0.05, 0) is 36.4 Å². The lowest BCUT2D eigenvalue weighted by molar-refractivity contribution is -0.140. The molecule has 0 bridgehead atoms. The third kappa shape index (κ3) is 5.41. The van der Waals surface area contributed by atoms with Gasteiger partial charge in [0.15, 0.2) is 5.69 Å². The van der Waals surface area contributed by atoms with E-state index in [1.54, 1.807) is 0 Å². The molecule has 0 amide bonds. The van der Waals surface area contributed by atoms with Crippen molar-refractivity contribution in [1.29, 1.82) is 0 Å². The van der Waals surface area contributed by atoms with E-state index in [0.717, 1.165) is 18.5 Å². The normalized spacial score (nSPS) is 11.9. The van der Waals surface area contributed by atoms with Crippen LogP contribution in [0, 0.1) is 11.6 Å². The average Bonchev–Trinajstić information content (AvgIpc) is 2.69. The number of ether oxygens (including phenoxy) is 2. The van der Waals surface area contributed by atoms with Gasteiger partial charge in [-0.3, -0.25) is 0 Å². The number of hydrogen-bond donors (Lipinski definition) is 0. The Morgan fingerprint density at radius 3 is 1.42 bits per heavy atom. The molecule has 0 N–H and O–H groups in total. The molecule has 3 rings (SSSR count). The van der Waals surface area contributed by atoms with Crippen LogP contribution in [0.25, 0.3) is 0 Å². The lowest BCUT2D eigenvalue weighted by Crippen LogP contribution is -2.13. The summed E-state index contributed by atoms with van der Waals surface area (Å²) in [5.41, 5.74) is -3.20. The smallest absolute Gasteiger partial charge is 0.419 e. The summed E-state index contributed by atoms with van der Waals surface area (Å²) in [6.45, 7) is 0. The predicted molar refractivity (Wildman–Crippen MR) is 99.3 cm³/mol. The number of hydrogen-bond acceptors (Lipinski definition) is 5. The highest BCUT2D eigenvalue weighted by Crippen LogP contribution is 2.41. The fraction of sp³-hybridized carbons (Fsp3) is 0.200. The summed E-state index contributed by atoms with van der Waals surface area (Å²) in [5.74, 6) is -4.52. The van der Waals surface area contributed by atoms with Gasteiger partial charge in [0.2, 0.25) is 11.8 Å². The summed E-state index contributed by atoms with van der Waals surface area (Å²) >= 11 is 0. The molecule has 1 aromatic heterocycles. The van der Waals surface area contributed by atoms with Crippen LogP contribution in [0.15, 0.2) is 42.7 Å². The Kier molecular flexibility index (Phi) is 6.34. The van der Waals surface area contributed by atoms with Crippen LogP contribution in [-0.4, -0.2) is 24.1 Å². The van der Waals surface area contributed by atoms with Crippen LogP contribution in [0.4, 0.5) is 40.8 Å². The van der Waals surface area contributed by atoms with Crippen molar-refractivity contribution in [3.05, 3.63) is 65.5 Å². The van der Waals surface area contributed by atoms with Crippen molar-refractivity contribution in [2.24, 2.45) is 0 Å². The summed E-state index contributed by atoms with van der Waals surface area (Å²) in [5, 5.41) is 0. The van der Waals surface area contributed by atoms with E-state index in [4.69, 9.17) is 9.47 Å². The molecule has 1 heterocycles. The molecular formula is C20H13F8N3O2. The Morgan fingerprint density at radius 1 is 0.697 bits per heavy atom. The first kappa shape index (κ1) is 24.0. The molecule has 0 aliphatic rings. The summed E-state index contributed by atoms with van der Waals surface area (Å²) in [4.78, 5) is 8.95. The van der Waals surface area contributed by atoms with Crippen LogP contribution in [-0.2, 0) is 12.4 Å². The van der Waals surface area contributed by atoms with Crippen LogP contribution in [0.5, 0.6) is 23.3 Å². The van der Waals surface area contributed by atoms with Gasteiger partial charge in [0.1, 0.15) is 29.5 Å². The first-order chi connectivity index (χ1) is 15.3. The first-order valence-electron chi connectivity index (χ1n) is 8.89. The van der Waals surface area contributed by atoms with Crippen molar-refractivity contribution >= 4 is 5.69 Å². The molecule has 33 heavy (non-hydrogen) atoms. The van der Waals surface area contributed by atoms with Gasteiger partial charge in [0, 0.05) is 14.1 Å². The zero-order chi connectivity index (χ0) is 24.6. The molecule has 0 aliphatic carbocycles. The molecule has 0 fully saturated rings. The SMILES string of the molecule is CN(C)c1c(Oc2ccc(F)c(C(F)(F)F)c2)ncnc1Oc1ccc(F)c(C(F)(F)F)c1. The lowest BCUT2D eigenvalue weighted by atomic mass is 10.2. The van der Waals surface area contributed by atoms with Crippen molar-refractivity contribution in [3.63, 3.8) is 0 Å². The van der Waals surface area contributed by atoms with Gasteiger partial charge in [-0.25, -0.2) is 8.78 Å². The van der Waals surface area contributed by atoms with E-state index >= 15 is 0 Å². The van der Waals surface area contributed by atoms with Gasteiger partial charge in [-0.1, -0.05) is 0 Å². The highest BCUT2D eigenvalue weighted by Gasteiger charge is 2.35. The second kappa shape index (κ2) is 8.71. The molecule has 13 heteroatoms. The van der Waals surface area contributed by atoms with Gasteiger partial charge in [-0.2, -0.15) is 36.3 Å². The van der Waals surface area contributed by atoms with E-state index in [-0.39, 0.29) is 17.4 Å². The standard InChI is InChI=1S/C20H13F8N3O2/c1-31(2)16-17(32-10-3-5-14(21)12(7-10)19(23,24)25)29-9-30-18(16)33-11-4-6-15(22)13(8-11)20(26,27)28/h3-9H,1-2H3. The van der Waals surface area contributed by atoms with Crippen LogP contribution < -0.4 is 14.4 Å². The van der Waals surface area contributed by atoms with E-state index in [0.29, 0.717) is 24.3 Å². The highest BCUT2D eigenvalue weighted by molar-refractivity contribution is 5.63. The molecular weight excluding hydrogens is 466 g/mol. The number of benzene rings is 2. The van der Waals surface area contributed by atoms with Gasteiger partial charge in [0.05, 0.1) is 11.1 Å². The Morgan fingerprint density at radius 2 is 1.09 bits per heavy atom. The fourth-order valence-electron chi connectivity index (χ4n) is 2.67. The van der Waals surface area contributed by atoms with E-state index in [2.05, 4.69) is 9.97 Å². The van der Waals surface area contributed by atoms with E-state index < -0.39 is 46.6 Å². The van der Waals surface area contributed by atoms with Gasteiger partial charge in [0.25, 0.3) is 0 Å². The minimum atomic E-state index is -4.98. The van der Waals surface area contributed by atoms with E-state index in [1.165, 1.54) is 19.0 Å². The molecule has 0 spiro atoms. The van der Waals surface area contributed by atoms with Gasteiger partial charge < -0.3 is 14.4 Å². The molecule has 5 nitrogen and oxygen atoms in total. The maximum absolute atomic E-state index is 13.5. The number of alkyl halides is 6. The molecule has 0 unspecified atom stereocenters. The zero-order valence-corrected chi connectivity index (χ0v) is 16.7. The van der Waals surface area contributed by atoms with Crippen molar-refractivity contribution in [3.8, 4) is 23.3 Å². The number of aromatic nitrogens is 2. The molecule has 0 saturated heterocycles. The Hall–Kier alpha value is -3.64. The zero-order valence-electron chi connectivity index (χ0n) is 16.7. The minimum Gasteiger partial charge on any atom is -0.437 e. The maximum atomic E-state index is 13.5. The van der Waals surface area contributed by atoms with E-state index in [1.807, 2.05) is 0 Å². The summed E-state index contributed by atoms with van der Waals surface area (Å²) in [7, 11) is 2.91. The van der Waals surface area contributed by atoms with Gasteiger partial charge >= 0.3 is 12.4 Å². The first-order valence-corrected chi connectivity index (χ1v) is 8.89. The third-order valence-electron chi connectivity index (χ3n) is 4.12. The van der Waals surface area contributed by atoms with E-state index in [9.17, 15) is 35.1 Å². The molecule has 0 aliphatic heterocycles. The molecule has 176 valence electrons. The average molecular weight is 479 g/mol. The predicted octanol–water partition coefficient (Wildman–Crippen LogP) is 6.44. The molecule has 3 aromatic rings. The van der Waals surface area contributed by atoms with Crippen molar-refractivity contribution in [2.45, 2.75) is 12.4 Å². The van der Waals surface area contributed by atoms with Crippen LogP contribution >= 0.6 is 0 Å². The largest absolute Gasteiger partial charge is 0.437 e. The van der Waals surface area contributed by atoms with Crippen LogP contribution in [0.3, 0.4) is 0 Å². The Bertz CT molecular complexity index is 1080. The fourth-order valence-corrected chi connectivity index (χ4v) is 2.67. The maximum Gasteiger partial charge on any atom is 0.419 e. The second-order valence-corrected chi connectivity index (χ2v) is 6.71. The quantitative estimate of drug-likeness (QED) is 0.394. The van der Waals surface area contributed by atoms with Crippen molar-refractivity contribution in [1.82, 2.24) is 9.97 Å². The van der Waals surface area contributed by atoms with Crippen molar-refractivity contribution < 1.29 is 44.6 Å². The van der Waals surface area contributed by atoms with Crippen LogP contribution in [0.1, 0.15) is 11.1 Å². The van der Waals surface area contributed by atoms with Gasteiger partial charge in [-0.15, -0.1) is 0 Å². The highest BCUT2D eigenvalue weighted by atomic mass is 19.4. The summed E-state index contributed by atoms with van der Waals surface area (Å²) in [6.07, 6.45) is -9.07. The molecule has 0 radical (unpaired) electrons. The Labute approximate surface area is 181 Å². The topological polar surface area (TPSA) is 47.5 Å². The van der Waals surface area contributed by atoms with Crippen LogP contribution in [0.2, 0.25) is 0 Å². The summed E-state index contributed by atoms with van der Waals surface area (Å²) in [6, 6.07) is 3.83. The summed E-state index contributed by atoms with van der Waals surface area (Å²) < 4.78 is 116. The molecule has 2 aromatic carbocycles. The third-order valence-corrected chi connectivity index (χ3v) is 4.12. The second-order valence-electron chi connectivity index (χ2n) is 6.71. The number of rotatable bonds is 5.